The molecule has 5 nitrogen and oxygen atoms in total. The van der Waals surface area contributed by atoms with Gasteiger partial charge in [0, 0.05) is 11.6 Å². The van der Waals surface area contributed by atoms with Crippen LogP contribution in [0.15, 0.2) is 72.8 Å². The van der Waals surface area contributed by atoms with E-state index in [2.05, 4.69) is 0 Å². The topological polar surface area (TPSA) is 69.4 Å². The van der Waals surface area contributed by atoms with E-state index in [1.165, 1.54) is 25.1 Å². The van der Waals surface area contributed by atoms with Gasteiger partial charge < -0.3 is 4.74 Å². The van der Waals surface area contributed by atoms with Crippen LogP contribution in [0, 0.1) is 17.0 Å². The van der Waals surface area contributed by atoms with Gasteiger partial charge in [-0.3, -0.25) is 10.1 Å². The van der Waals surface area contributed by atoms with E-state index in [0.29, 0.717) is 11.3 Å². The lowest BCUT2D eigenvalue weighted by Crippen LogP contribution is -2.11. The molecule has 0 fully saturated rings. The van der Waals surface area contributed by atoms with E-state index < -0.39 is 10.9 Å². The number of ether oxygens (including phenoxy) is 1. The smallest absolute Gasteiger partial charge is 0.344 e. The van der Waals surface area contributed by atoms with Crippen LogP contribution >= 0.6 is 0 Å². The summed E-state index contributed by atoms with van der Waals surface area (Å²) in [5.41, 5.74) is 2.44. The van der Waals surface area contributed by atoms with Gasteiger partial charge in [-0.1, -0.05) is 48.5 Å². The molecule has 0 spiro atoms. The summed E-state index contributed by atoms with van der Waals surface area (Å²) in [6.45, 7) is 1.53. The molecule has 124 valence electrons. The van der Waals surface area contributed by atoms with Gasteiger partial charge >= 0.3 is 5.97 Å². The van der Waals surface area contributed by atoms with Gasteiger partial charge in [-0.15, -0.1) is 0 Å². The summed E-state index contributed by atoms with van der Waals surface area (Å²) in [4.78, 5) is 22.8. The van der Waals surface area contributed by atoms with Gasteiger partial charge in [0.1, 0.15) is 5.75 Å². The second-order valence-electron chi connectivity index (χ2n) is 5.49. The van der Waals surface area contributed by atoms with Crippen LogP contribution in [0.4, 0.5) is 5.69 Å². The largest absolute Gasteiger partial charge is 0.423 e. The molecular formula is C20H15NO4. The molecule has 0 aliphatic rings. The summed E-state index contributed by atoms with van der Waals surface area (Å²) < 4.78 is 5.35. The van der Waals surface area contributed by atoms with Crippen molar-refractivity contribution in [2.45, 2.75) is 6.92 Å². The van der Waals surface area contributed by atoms with Gasteiger partial charge in [0.05, 0.1) is 10.5 Å². The number of rotatable bonds is 4. The van der Waals surface area contributed by atoms with Gasteiger partial charge in [0.2, 0.25) is 0 Å². The molecule has 0 saturated heterocycles. The van der Waals surface area contributed by atoms with Crippen molar-refractivity contribution in [1.82, 2.24) is 0 Å². The number of hydrogen-bond donors (Lipinski definition) is 0. The van der Waals surface area contributed by atoms with E-state index in [4.69, 9.17) is 4.74 Å². The lowest BCUT2D eigenvalue weighted by molar-refractivity contribution is -0.385. The van der Waals surface area contributed by atoms with E-state index in [1.54, 1.807) is 12.1 Å². The normalized spacial score (nSPS) is 10.3. The number of nitro groups is 1. The Hall–Kier alpha value is -3.47. The van der Waals surface area contributed by atoms with Gasteiger partial charge in [-0.2, -0.15) is 0 Å². The van der Waals surface area contributed by atoms with Crippen molar-refractivity contribution in [1.29, 1.82) is 0 Å². The third-order valence-electron chi connectivity index (χ3n) is 3.89. The Morgan fingerprint density at radius 1 is 0.880 bits per heavy atom. The highest BCUT2D eigenvalue weighted by Crippen LogP contribution is 2.25. The van der Waals surface area contributed by atoms with Gasteiger partial charge in [-0.05, 0) is 36.2 Å². The Labute approximate surface area is 144 Å². The Morgan fingerprint density at radius 3 is 2.16 bits per heavy atom. The van der Waals surface area contributed by atoms with Crippen LogP contribution in [-0.4, -0.2) is 10.9 Å². The summed E-state index contributed by atoms with van der Waals surface area (Å²) in [5, 5.41) is 11.0. The van der Waals surface area contributed by atoms with Crippen molar-refractivity contribution in [2.75, 3.05) is 0 Å². The van der Waals surface area contributed by atoms with E-state index in [-0.39, 0.29) is 11.3 Å². The first-order chi connectivity index (χ1) is 12.1. The number of benzene rings is 3. The SMILES string of the molecule is Cc1c(C(=O)Oc2ccc(-c3ccccc3)cc2)cccc1[N+](=O)[O-]. The van der Waals surface area contributed by atoms with E-state index >= 15 is 0 Å². The molecule has 0 aromatic heterocycles. The molecule has 3 aromatic rings. The Kier molecular flexibility index (Phi) is 4.57. The number of esters is 1. The van der Waals surface area contributed by atoms with Crippen molar-refractivity contribution < 1.29 is 14.5 Å². The highest BCUT2D eigenvalue weighted by molar-refractivity contribution is 5.93. The second kappa shape index (κ2) is 6.97. The fraction of sp³-hybridized carbons (Fsp3) is 0.0500. The maximum absolute atomic E-state index is 12.3. The lowest BCUT2D eigenvalue weighted by Gasteiger charge is -2.08. The molecule has 5 heteroatoms. The third-order valence-corrected chi connectivity index (χ3v) is 3.89. The minimum Gasteiger partial charge on any atom is -0.423 e. The number of nitro benzene ring substituents is 1. The molecule has 25 heavy (non-hydrogen) atoms. The summed E-state index contributed by atoms with van der Waals surface area (Å²) in [7, 11) is 0. The minimum absolute atomic E-state index is 0.103. The third kappa shape index (κ3) is 3.55. The van der Waals surface area contributed by atoms with E-state index in [9.17, 15) is 14.9 Å². The first-order valence-electron chi connectivity index (χ1n) is 7.68. The Morgan fingerprint density at radius 2 is 1.52 bits per heavy atom. The zero-order chi connectivity index (χ0) is 17.8. The predicted octanol–water partition coefficient (Wildman–Crippen LogP) is 4.79. The molecule has 0 atom stereocenters. The molecule has 0 aliphatic carbocycles. The highest BCUT2D eigenvalue weighted by atomic mass is 16.6. The van der Waals surface area contributed by atoms with Crippen LogP contribution in [0.25, 0.3) is 11.1 Å². The molecule has 0 radical (unpaired) electrons. The van der Waals surface area contributed by atoms with Crippen LogP contribution in [0.5, 0.6) is 5.75 Å². The number of hydrogen-bond acceptors (Lipinski definition) is 4. The average molecular weight is 333 g/mol. The highest BCUT2D eigenvalue weighted by Gasteiger charge is 2.19. The number of carbonyl (C=O) groups is 1. The molecular weight excluding hydrogens is 318 g/mol. The van der Waals surface area contributed by atoms with Crippen LogP contribution in [-0.2, 0) is 0 Å². The summed E-state index contributed by atoms with van der Waals surface area (Å²) in [6, 6.07) is 21.3. The number of nitrogens with zero attached hydrogens (tertiary/aromatic N) is 1. The van der Waals surface area contributed by atoms with Crippen molar-refractivity contribution in [2.24, 2.45) is 0 Å². The fourth-order valence-electron chi connectivity index (χ4n) is 2.55. The van der Waals surface area contributed by atoms with Crippen LogP contribution in [0.2, 0.25) is 0 Å². The lowest BCUT2D eigenvalue weighted by atomic mass is 10.1. The maximum atomic E-state index is 12.3. The molecule has 0 aliphatic heterocycles. The molecule has 3 rings (SSSR count). The fourth-order valence-corrected chi connectivity index (χ4v) is 2.55. The summed E-state index contributed by atoms with van der Waals surface area (Å²) in [5.74, 6) is -0.232. The van der Waals surface area contributed by atoms with Crippen molar-refractivity contribution in [3.8, 4) is 16.9 Å². The van der Waals surface area contributed by atoms with Gasteiger partial charge in [-0.25, -0.2) is 4.79 Å². The summed E-state index contributed by atoms with van der Waals surface area (Å²) >= 11 is 0. The van der Waals surface area contributed by atoms with Gasteiger partial charge in [0.15, 0.2) is 0 Å². The zero-order valence-corrected chi connectivity index (χ0v) is 13.5. The van der Waals surface area contributed by atoms with Crippen LogP contribution < -0.4 is 4.74 Å². The second-order valence-corrected chi connectivity index (χ2v) is 5.49. The molecule has 0 heterocycles. The molecule has 0 saturated carbocycles. The average Bonchev–Trinajstić information content (AvgIpc) is 2.63. The van der Waals surface area contributed by atoms with Gasteiger partial charge in [0.25, 0.3) is 5.69 Å². The van der Waals surface area contributed by atoms with Crippen molar-refractivity contribution in [3.05, 3.63) is 94.0 Å². The van der Waals surface area contributed by atoms with Crippen LogP contribution in [0.1, 0.15) is 15.9 Å². The first-order valence-corrected chi connectivity index (χ1v) is 7.68. The van der Waals surface area contributed by atoms with Crippen LogP contribution in [0.3, 0.4) is 0 Å². The molecule has 0 unspecified atom stereocenters. The zero-order valence-electron chi connectivity index (χ0n) is 13.5. The molecule has 3 aromatic carbocycles. The van der Waals surface area contributed by atoms with E-state index in [1.807, 2.05) is 42.5 Å². The van der Waals surface area contributed by atoms with Crippen molar-refractivity contribution in [3.63, 3.8) is 0 Å². The Balaban J connectivity index is 1.80. The standard InChI is InChI=1S/C20H15NO4/c1-14-18(8-5-9-19(14)21(23)24)20(22)25-17-12-10-16(11-13-17)15-6-3-2-4-7-15/h2-13H,1H3. The molecule has 0 bridgehead atoms. The monoisotopic (exact) mass is 333 g/mol. The predicted molar refractivity (Wildman–Crippen MR) is 94.7 cm³/mol. The Bertz CT molecular complexity index is 918. The van der Waals surface area contributed by atoms with Crippen molar-refractivity contribution >= 4 is 11.7 Å². The summed E-state index contributed by atoms with van der Waals surface area (Å²) in [6.07, 6.45) is 0. The maximum Gasteiger partial charge on any atom is 0.344 e. The van der Waals surface area contributed by atoms with E-state index in [0.717, 1.165) is 11.1 Å². The minimum atomic E-state index is -0.617. The molecule has 0 amide bonds. The molecule has 0 N–H and O–H groups in total. The number of carbonyl (C=O) groups excluding carboxylic acids is 1. The first kappa shape index (κ1) is 16.4. The quantitative estimate of drug-likeness (QED) is 0.298.